The van der Waals surface area contributed by atoms with Gasteiger partial charge in [-0.05, 0) is 23.8 Å². The summed E-state index contributed by atoms with van der Waals surface area (Å²) >= 11 is 0. The third-order valence-electron chi connectivity index (χ3n) is 3.95. The van der Waals surface area contributed by atoms with Gasteiger partial charge in [0.1, 0.15) is 5.75 Å². The van der Waals surface area contributed by atoms with Crippen LogP contribution in [0.4, 0.5) is 11.4 Å². The average Bonchev–Trinajstić information content (AvgIpc) is 3.12. The quantitative estimate of drug-likeness (QED) is 0.898. The minimum Gasteiger partial charge on any atom is -0.482 e. The third kappa shape index (κ3) is 3.16. The summed E-state index contributed by atoms with van der Waals surface area (Å²) in [5.74, 6) is 0.0538. The van der Waals surface area contributed by atoms with Crippen molar-refractivity contribution in [3.63, 3.8) is 0 Å². The maximum absolute atomic E-state index is 12.4. The van der Waals surface area contributed by atoms with Crippen molar-refractivity contribution in [1.82, 2.24) is 0 Å². The number of carbonyl (C=O) groups is 2. The lowest BCUT2D eigenvalue weighted by molar-refractivity contribution is -0.125. The summed E-state index contributed by atoms with van der Waals surface area (Å²) in [6, 6.07) is 14.7. The largest absolute Gasteiger partial charge is 0.482 e. The summed E-state index contributed by atoms with van der Waals surface area (Å²) in [6.45, 7) is -0.00573. The van der Waals surface area contributed by atoms with E-state index in [1.54, 1.807) is 18.2 Å². The number of amides is 2. The van der Waals surface area contributed by atoms with Crippen LogP contribution in [0.5, 0.6) is 5.75 Å². The van der Waals surface area contributed by atoms with Gasteiger partial charge in [0, 0.05) is 12.1 Å². The van der Waals surface area contributed by atoms with Crippen molar-refractivity contribution in [3.8, 4) is 5.75 Å². The van der Waals surface area contributed by atoms with Gasteiger partial charge in [-0.2, -0.15) is 0 Å². The fourth-order valence-electron chi connectivity index (χ4n) is 2.70. The lowest BCUT2D eigenvalue weighted by Gasteiger charge is -2.19. The molecule has 2 N–H and O–H groups in total. The minimum atomic E-state index is -0.683. The van der Waals surface area contributed by atoms with Gasteiger partial charge in [-0.25, -0.2) is 0 Å². The number of nitrogens with zero attached hydrogens (tertiary/aromatic N) is 1. The molecule has 0 radical (unpaired) electrons. The van der Waals surface area contributed by atoms with Crippen LogP contribution in [0.1, 0.15) is 12.0 Å². The highest BCUT2D eigenvalue weighted by Gasteiger charge is 2.29. The number of carbonyl (C=O) groups excluding carboxylic acids is 2. The highest BCUT2D eigenvalue weighted by molar-refractivity contribution is 6.06. The van der Waals surface area contributed by atoms with Crippen molar-refractivity contribution in [1.29, 1.82) is 0 Å². The average molecular weight is 337 g/mol. The lowest BCUT2D eigenvalue weighted by Crippen LogP contribution is -2.28. The zero-order valence-electron chi connectivity index (χ0n) is 13.2. The molecule has 2 heterocycles. The number of fused-ring (bicyclic) bond motifs is 1. The van der Waals surface area contributed by atoms with Crippen LogP contribution in [-0.2, 0) is 14.4 Å². The molecule has 2 amide bonds. The Morgan fingerprint density at radius 1 is 1.20 bits per heavy atom. The van der Waals surface area contributed by atoms with E-state index in [-0.39, 0.29) is 18.4 Å². The van der Waals surface area contributed by atoms with Gasteiger partial charge in [-0.1, -0.05) is 35.5 Å². The number of benzene rings is 2. The van der Waals surface area contributed by atoms with E-state index in [0.717, 1.165) is 11.3 Å². The molecule has 126 valence electrons. The van der Waals surface area contributed by atoms with Gasteiger partial charge in [0.15, 0.2) is 6.61 Å². The molecule has 25 heavy (non-hydrogen) atoms. The first-order valence-corrected chi connectivity index (χ1v) is 7.85. The van der Waals surface area contributed by atoms with Crippen molar-refractivity contribution >= 4 is 28.9 Å². The van der Waals surface area contributed by atoms with Gasteiger partial charge in [-0.15, -0.1) is 0 Å². The van der Waals surface area contributed by atoms with Crippen LogP contribution >= 0.6 is 0 Å². The molecule has 0 aliphatic carbocycles. The number of ether oxygens (including phenoxy) is 1. The molecule has 7 nitrogen and oxygen atoms in total. The van der Waals surface area contributed by atoms with Crippen LogP contribution in [0.2, 0.25) is 0 Å². The molecule has 0 saturated heterocycles. The topological polar surface area (TPSA) is 89.0 Å². The monoisotopic (exact) mass is 337 g/mol. The summed E-state index contributed by atoms with van der Waals surface area (Å²) in [4.78, 5) is 29.0. The summed E-state index contributed by atoms with van der Waals surface area (Å²) < 4.78 is 5.29. The molecule has 2 aliphatic rings. The Bertz CT molecular complexity index is 864. The Labute approximate surface area is 143 Å². The lowest BCUT2D eigenvalue weighted by atomic mass is 10.0. The van der Waals surface area contributed by atoms with Crippen LogP contribution in [0.15, 0.2) is 53.7 Å². The molecule has 0 fully saturated rings. The van der Waals surface area contributed by atoms with E-state index >= 15 is 0 Å². The van der Waals surface area contributed by atoms with Crippen LogP contribution < -0.4 is 15.4 Å². The number of oxime groups is 1. The SMILES string of the molecule is O=C1COc2ccc(NC(=O)[C@@H]3CC(c4ccccc4)=NO3)cc2N1. The predicted molar refractivity (Wildman–Crippen MR) is 91.7 cm³/mol. The van der Waals surface area contributed by atoms with Gasteiger partial charge in [-0.3, -0.25) is 9.59 Å². The normalized spacial score (nSPS) is 18.3. The molecular formula is C18H15N3O4. The number of hydrogen-bond acceptors (Lipinski definition) is 5. The van der Waals surface area contributed by atoms with Crippen molar-refractivity contribution in [2.75, 3.05) is 17.2 Å². The van der Waals surface area contributed by atoms with Crippen molar-refractivity contribution in [2.24, 2.45) is 5.16 Å². The molecule has 0 aromatic heterocycles. The zero-order chi connectivity index (χ0) is 17.2. The van der Waals surface area contributed by atoms with Crippen LogP contribution in [0.25, 0.3) is 0 Å². The first-order chi connectivity index (χ1) is 12.2. The maximum atomic E-state index is 12.4. The molecule has 0 saturated carbocycles. The summed E-state index contributed by atoms with van der Waals surface area (Å²) in [6.07, 6.45) is -0.280. The van der Waals surface area contributed by atoms with Gasteiger partial charge >= 0.3 is 0 Å². The Morgan fingerprint density at radius 3 is 2.88 bits per heavy atom. The highest BCUT2D eigenvalue weighted by Crippen LogP contribution is 2.30. The van der Waals surface area contributed by atoms with Gasteiger partial charge in [0.2, 0.25) is 6.10 Å². The Morgan fingerprint density at radius 2 is 2.04 bits per heavy atom. The third-order valence-corrected chi connectivity index (χ3v) is 3.95. The first kappa shape index (κ1) is 15.2. The predicted octanol–water partition coefficient (Wildman–Crippen LogP) is 2.15. The van der Waals surface area contributed by atoms with E-state index in [0.29, 0.717) is 23.5 Å². The Hall–Kier alpha value is -3.35. The fraction of sp³-hybridized carbons (Fsp3) is 0.167. The molecule has 0 bridgehead atoms. The molecule has 0 spiro atoms. The van der Waals surface area contributed by atoms with E-state index in [1.807, 2.05) is 30.3 Å². The fourth-order valence-corrected chi connectivity index (χ4v) is 2.70. The molecule has 2 aromatic rings. The summed E-state index contributed by atoms with van der Waals surface area (Å²) in [5.41, 5.74) is 2.76. The highest BCUT2D eigenvalue weighted by atomic mass is 16.6. The molecule has 4 rings (SSSR count). The molecular weight excluding hydrogens is 322 g/mol. The first-order valence-electron chi connectivity index (χ1n) is 7.85. The van der Waals surface area contributed by atoms with E-state index in [9.17, 15) is 9.59 Å². The van der Waals surface area contributed by atoms with Gasteiger partial charge in [0.25, 0.3) is 11.8 Å². The van der Waals surface area contributed by atoms with Crippen LogP contribution in [0.3, 0.4) is 0 Å². The van der Waals surface area contributed by atoms with Crippen LogP contribution in [-0.4, -0.2) is 30.2 Å². The van der Waals surface area contributed by atoms with E-state index < -0.39 is 6.10 Å². The number of anilines is 2. The van der Waals surface area contributed by atoms with Crippen molar-refractivity contribution < 1.29 is 19.2 Å². The van der Waals surface area contributed by atoms with Crippen molar-refractivity contribution in [2.45, 2.75) is 12.5 Å². The molecule has 1 atom stereocenters. The molecule has 7 heteroatoms. The number of rotatable bonds is 3. The molecule has 0 unspecified atom stereocenters. The molecule has 2 aliphatic heterocycles. The van der Waals surface area contributed by atoms with Gasteiger partial charge in [0.05, 0.1) is 11.4 Å². The number of hydrogen-bond donors (Lipinski definition) is 2. The Kier molecular flexibility index (Phi) is 3.81. The van der Waals surface area contributed by atoms with E-state index in [2.05, 4.69) is 15.8 Å². The zero-order valence-corrected chi connectivity index (χ0v) is 13.2. The number of nitrogens with one attached hydrogen (secondary N) is 2. The second-order valence-electron chi connectivity index (χ2n) is 5.74. The smallest absolute Gasteiger partial charge is 0.268 e. The van der Waals surface area contributed by atoms with Crippen molar-refractivity contribution in [3.05, 3.63) is 54.1 Å². The van der Waals surface area contributed by atoms with Crippen LogP contribution in [0, 0.1) is 0 Å². The van der Waals surface area contributed by atoms with Gasteiger partial charge < -0.3 is 20.2 Å². The Balaban J connectivity index is 1.42. The van der Waals surface area contributed by atoms with E-state index in [4.69, 9.17) is 9.57 Å². The van der Waals surface area contributed by atoms with E-state index in [1.165, 1.54) is 0 Å². The molecule has 2 aromatic carbocycles. The second kappa shape index (κ2) is 6.27. The minimum absolute atomic E-state index is 0.00573. The summed E-state index contributed by atoms with van der Waals surface area (Å²) in [7, 11) is 0. The standard InChI is InChI=1S/C18H15N3O4/c22-17-10-24-15-7-6-12(8-14(15)20-17)19-18(23)16-9-13(21-25-16)11-4-2-1-3-5-11/h1-8,16H,9-10H2,(H,19,23)(H,20,22)/t16-/m0/s1. The second-order valence-corrected chi connectivity index (χ2v) is 5.74. The summed E-state index contributed by atoms with van der Waals surface area (Å²) in [5, 5.41) is 9.49. The maximum Gasteiger partial charge on any atom is 0.268 e.